The van der Waals surface area contributed by atoms with Gasteiger partial charge in [-0.1, -0.05) is 42.5 Å². The molecule has 1 aromatic carbocycles. The third-order valence-corrected chi connectivity index (χ3v) is 5.37. The molecule has 27 heavy (non-hydrogen) atoms. The number of hydrogen-bond acceptors (Lipinski definition) is 3. The molecule has 1 atom stereocenters. The topological polar surface area (TPSA) is 77.2 Å². The van der Waals surface area contributed by atoms with Gasteiger partial charge < -0.3 is 10.5 Å². The van der Waals surface area contributed by atoms with Gasteiger partial charge in [-0.3, -0.25) is 9.59 Å². The minimum absolute atomic E-state index is 0.00918. The summed E-state index contributed by atoms with van der Waals surface area (Å²) in [6.45, 7) is 5.66. The molecule has 1 aromatic rings. The first-order valence-electron chi connectivity index (χ1n) is 9.64. The van der Waals surface area contributed by atoms with E-state index < -0.39 is 11.8 Å². The van der Waals surface area contributed by atoms with Crippen molar-refractivity contribution in [1.82, 2.24) is 0 Å². The summed E-state index contributed by atoms with van der Waals surface area (Å²) in [5.41, 5.74) is 9.03. The van der Waals surface area contributed by atoms with E-state index in [4.69, 9.17) is 5.73 Å². The number of hydrogen-bond donors (Lipinski definition) is 1. The second-order valence-electron chi connectivity index (χ2n) is 7.29. The molecule has 1 amide bonds. The molecule has 4 heteroatoms. The van der Waals surface area contributed by atoms with E-state index in [0.717, 1.165) is 37.5 Å². The zero-order valence-corrected chi connectivity index (χ0v) is 16.1. The van der Waals surface area contributed by atoms with Crippen LogP contribution in [0.25, 0.3) is 0 Å². The van der Waals surface area contributed by atoms with Crippen LogP contribution in [-0.2, 0) is 16.0 Å². The Morgan fingerprint density at radius 2 is 1.93 bits per heavy atom. The summed E-state index contributed by atoms with van der Waals surface area (Å²) in [7, 11) is 0. The van der Waals surface area contributed by atoms with Crippen LogP contribution in [0, 0.1) is 5.92 Å². The van der Waals surface area contributed by atoms with E-state index >= 15 is 0 Å². The summed E-state index contributed by atoms with van der Waals surface area (Å²) in [5, 5.41) is 0. The normalized spacial score (nSPS) is 15.7. The van der Waals surface area contributed by atoms with Crippen LogP contribution in [0.5, 0.6) is 0 Å². The lowest BCUT2D eigenvalue weighted by Crippen LogP contribution is -2.26. The number of aldehydes is 1. The standard InChI is InChI=1S/C23H29NO3/c1-16(19(23(24)27)13-8-14-25)15-22-20(17(2)26)11-7-12-21(22)18-9-5-3-4-6-10-18/h3-4,7,11-12,14,18-19H,1,5-6,8-10,13,15H2,2H3,(H2,24,27). The molecule has 0 radical (unpaired) electrons. The molecule has 1 unspecified atom stereocenters. The summed E-state index contributed by atoms with van der Waals surface area (Å²) in [6, 6.07) is 5.87. The molecule has 1 aliphatic rings. The number of rotatable bonds is 9. The van der Waals surface area contributed by atoms with Crippen molar-refractivity contribution in [2.75, 3.05) is 0 Å². The zero-order chi connectivity index (χ0) is 19.8. The SMILES string of the molecule is C=C(Cc1c(C(C)=O)cccc1C1CCC=CCC1)C(CCC=O)C(N)=O. The molecule has 0 aliphatic heterocycles. The van der Waals surface area contributed by atoms with Gasteiger partial charge in [-0.25, -0.2) is 0 Å². The molecule has 0 bridgehead atoms. The molecule has 0 spiro atoms. The van der Waals surface area contributed by atoms with E-state index in [1.807, 2.05) is 12.1 Å². The molecular formula is C23H29NO3. The maximum Gasteiger partial charge on any atom is 0.224 e. The molecule has 144 valence electrons. The van der Waals surface area contributed by atoms with Crippen LogP contribution in [0.4, 0.5) is 0 Å². The number of ketones is 1. The Hall–Kier alpha value is -2.49. The van der Waals surface area contributed by atoms with Gasteiger partial charge in [0.2, 0.25) is 5.91 Å². The van der Waals surface area contributed by atoms with E-state index in [2.05, 4.69) is 24.8 Å². The molecule has 0 fully saturated rings. The Labute approximate surface area is 161 Å². The fourth-order valence-corrected chi connectivity index (χ4v) is 3.93. The maximum atomic E-state index is 12.2. The van der Waals surface area contributed by atoms with Crippen molar-refractivity contribution in [1.29, 1.82) is 0 Å². The number of benzene rings is 1. The third-order valence-electron chi connectivity index (χ3n) is 5.37. The van der Waals surface area contributed by atoms with Crippen LogP contribution in [0.2, 0.25) is 0 Å². The lowest BCUT2D eigenvalue weighted by atomic mass is 9.81. The minimum Gasteiger partial charge on any atom is -0.369 e. The van der Waals surface area contributed by atoms with E-state index in [1.54, 1.807) is 6.92 Å². The van der Waals surface area contributed by atoms with Crippen molar-refractivity contribution < 1.29 is 14.4 Å². The molecule has 2 N–H and O–H groups in total. The highest BCUT2D eigenvalue weighted by atomic mass is 16.1. The lowest BCUT2D eigenvalue weighted by Gasteiger charge is -2.23. The monoisotopic (exact) mass is 367 g/mol. The number of primary amides is 1. The van der Waals surface area contributed by atoms with Crippen LogP contribution in [0.1, 0.15) is 72.9 Å². The van der Waals surface area contributed by atoms with Crippen molar-refractivity contribution in [3.63, 3.8) is 0 Å². The number of nitrogens with two attached hydrogens (primary N) is 1. The predicted octanol–water partition coefficient (Wildman–Crippen LogP) is 4.28. The van der Waals surface area contributed by atoms with Gasteiger partial charge in [-0.15, -0.1) is 0 Å². The van der Waals surface area contributed by atoms with E-state index in [1.165, 1.54) is 5.56 Å². The van der Waals surface area contributed by atoms with Gasteiger partial charge in [0.05, 0.1) is 5.92 Å². The number of carbonyl (C=O) groups is 3. The summed E-state index contributed by atoms with van der Waals surface area (Å²) in [5.74, 6) is -0.639. The van der Waals surface area contributed by atoms with E-state index in [9.17, 15) is 14.4 Å². The van der Waals surface area contributed by atoms with Gasteiger partial charge in [0.1, 0.15) is 6.29 Å². The Morgan fingerprint density at radius 1 is 1.26 bits per heavy atom. The second kappa shape index (κ2) is 10.0. The Kier molecular flexibility index (Phi) is 7.71. The van der Waals surface area contributed by atoms with Crippen LogP contribution < -0.4 is 5.73 Å². The van der Waals surface area contributed by atoms with Gasteiger partial charge >= 0.3 is 0 Å². The summed E-state index contributed by atoms with van der Waals surface area (Å²) in [6.07, 6.45) is 10.4. The highest BCUT2D eigenvalue weighted by molar-refractivity contribution is 5.96. The molecule has 4 nitrogen and oxygen atoms in total. The fourth-order valence-electron chi connectivity index (χ4n) is 3.93. The second-order valence-corrected chi connectivity index (χ2v) is 7.29. The van der Waals surface area contributed by atoms with Gasteiger partial charge in [0.25, 0.3) is 0 Å². The minimum atomic E-state index is -0.557. The van der Waals surface area contributed by atoms with Crippen molar-refractivity contribution in [2.45, 2.75) is 57.8 Å². The summed E-state index contributed by atoms with van der Waals surface area (Å²) < 4.78 is 0. The van der Waals surface area contributed by atoms with Gasteiger partial charge in [-0.05, 0) is 62.5 Å². The fraction of sp³-hybridized carbons (Fsp3) is 0.435. The number of Topliss-reactive ketones (excluding diaryl/α,β-unsaturated/α-hetero) is 1. The smallest absolute Gasteiger partial charge is 0.224 e. The van der Waals surface area contributed by atoms with Gasteiger partial charge in [0, 0.05) is 12.0 Å². The Morgan fingerprint density at radius 3 is 2.48 bits per heavy atom. The first kappa shape index (κ1) is 20.8. The number of amides is 1. The first-order chi connectivity index (χ1) is 13.0. The average Bonchev–Trinajstić information content (AvgIpc) is 2.91. The first-order valence-corrected chi connectivity index (χ1v) is 9.64. The predicted molar refractivity (Wildman–Crippen MR) is 108 cm³/mol. The third kappa shape index (κ3) is 5.49. The van der Waals surface area contributed by atoms with Crippen molar-refractivity contribution >= 4 is 18.0 Å². The molecule has 0 heterocycles. The van der Waals surface area contributed by atoms with E-state index in [0.29, 0.717) is 29.9 Å². The highest BCUT2D eigenvalue weighted by Gasteiger charge is 2.24. The van der Waals surface area contributed by atoms with Crippen LogP contribution in [0.15, 0.2) is 42.5 Å². The molecule has 0 saturated carbocycles. The van der Waals surface area contributed by atoms with Crippen LogP contribution >= 0.6 is 0 Å². The summed E-state index contributed by atoms with van der Waals surface area (Å²) >= 11 is 0. The average molecular weight is 367 g/mol. The summed E-state index contributed by atoms with van der Waals surface area (Å²) in [4.78, 5) is 34.8. The van der Waals surface area contributed by atoms with Crippen molar-refractivity contribution in [2.24, 2.45) is 11.7 Å². The van der Waals surface area contributed by atoms with Crippen molar-refractivity contribution in [3.05, 3.63) is 59.2 Å². The lowest BCUT2D eigenvalue weighted by molar-refractivity contribution is -0.121. The maximum absolute atomic E-state index is 12.2. The highest BCUT2D eigenvalue weighted by Crippen LogP contribution is 2.35. The largest absolute Gasteiger partial charge is 0.369 e. The van der Waals surface area contributed by atoms with Crippen LogP contribution in [0.3, 0.4) is 0 Å². The molecular weight excluding hydrogens is 338 g/mol. The number of allylic oxidation sites excluding steroid dienone is 2. The van der Waals surface area contributed by atoms with E-state index in [-0.39, 0.29) is 12.2 Å². The molecule has 0 aromatic heterocycles. The zero-order valence-electron chi connectivity index (χ0n) is 16.1. The van der Waals surface area contributed by atoms with Crippen LogP contribution in [-0.4, -0.2) is 18.0 Å². The Bertz CT molecular complexity index is 738. The molecule has 0 saturated heterocycles. The quantitative estimate of drug-likeness (QED) is 0.402. The molecule has 2 rings (SSSR count). The Balaban J connectivity index is 2.37. The van der Waals surface area contributed by atoms with Crippen molar-refractivity contribution in [3.8, 4) is 0 Å². The van der Waals surface area contributed by atoms with Gasteiger partial charge in [0.15, 0.2) is 5.78 Å². The van der Waals surface area contributed by atoms with Gasteiger partial charge in [-0.2, -0.15) is 0 Å². The number of carbonyl (C=O) groups excluding carboxylic acids is 3. The molecule has 1 aliphatic carbocycles.